The van der Waals surface area contributed by atoms with Gasteiger partial charge in [-0.15, -0.1) is 0 Å². The first-order chi connectivity index (χ1) is 14.6. The number of sulfonamides is 1. The summed E-state index contributed by atoms with van der Waals surface area (Å²) in [5.74, 6) is 0.0817. The van der Waals surface area contributed by atoms with Crippen molar-refractivity contribution >= 4 is 20.1 Å². The van der Waals surface area contributed by atoms with Crippen molar-refractivity contribution in [1.29, 1.82) is 0 Å². The van der Waals surface area contributed by atoms with Crippen LogP contribution in [0.2, 0.25) is 0 Å². The second kappa shape index (κ2) is 8.81. The number of hydrogen-bond acceptors (Lipinski definition) is 7. The van der Waals surface area contributed by atoms with E-state index in [2.05, 4.69) is 10.2 Å². The Hall–Kier alpha value is -2.70. The van der Waals surface area contributed by atoms with Gasteiger partial charge in [-0.25, -0.2) is 8.42 Å². The summed E-state index contributed by atoms with van der Waals surface area (Å²) in [6.07, 6.45) is 5.40. The lowest BCUT2D eigenvalue weighted by Gasteiger charge is -2.24. The SMILES string of the molecule is CCn1cc(S(=O)(=O)Oc2cccc(C(C)N(C)S(=O)(=O)c3cnn(CC)c3)c2)cn1. The summed E-state index contributed by atoms with van der Waals surface area (Å²) in [7, 11) is -6.38. The number of aryl methyl sites for hydroxylation is 2. The lowest BCUT2D eigenvalue weighted by Crippen LogP contribution is -2.29. The van der Waals surface area contributed by atoms with Crippen molar-refractivity contribution in [3.8, 4) is 5.75 Å². The van der Waals surface area contributed by atoms with E-state index in [4.69, 9.17) is 4.18 Å². The number of nitrogens with zero attached hydrogens (tertiary/aromatic N) is 5. The Kier molecular flexibility index (Phi) is 6.53. The van der Waals surface area contributed by atoms with Crippen LogP contribution in [-0.4, -0.2) is 47.7 Å². The first-order valence-corrected chi connectivity index (χ1v) is 12.5. The van der Waals surface area contributed by atoms with Gasteiger partial charge in [0.05, 0.1) is 12.4 Å². The smallest absolute Gasteiger partial charge is 0.342 e. The van der Waals surface area contributed by atoms with Crippen molar-refractivity contribution in [2.24, 2.45) is 0 Å². The van der Waals surface area contributed by atoms with Crippen molar-refractivity contribution < 1.29 is 21.0 Å². The molecule has 3 aromatic rings. The summed E-state index contributed by atoms with van der Waals surface area (Å²) in [5.41, 5.74) is 0.575. The van der Waals surface area contributed by atoms with Crippen LogP contribution in [-0.2, 0) is 33.2 Å². The van der Waals surface area contributed by atoms with E-state index in [1.807, 2.05) is 13.8 Å². The Balaban J connectivity index is 1.83. The van der Waals surface area contributed by atoms with Crippen LogP contribution in [0.5, 0.6) is 5.75 Å². The molecular formula is C19H25N5O5S2. The Morgan fingerprint density at radius 3 is 2.16 bits per heavy atom. The topological polar surface area (TPSA) is 116 Å². The molecule has 1 aromatic carbocycles. The summed E-state index contributed by atoms with van der Waals surface area (Å²) in [4.78, 5) is 0.0343. The van der Waals surface area contributed by atoms with E-state index in [1.54, 1.807) is 19.1 Å². The minimum atomic E-state index is -4.06. The predicted octanol–water partition coefficient (Wildman–Crippen LogP) is 2.27. The Labute approximate surface area is 182 Å². The molecule has 0 fully saturated rings. The fourth-order valence-corrected chi connectivity index (χ4v) is 5.07. The summed E-state index contributed by atoms with van der Waals surface area (Å²) in [5, 5.41) is 7.98. The maximum atomic E-state index is 12.9. The molecule has 1 atom stereocenters. The average molecular weight is 468 g/mol. The minimum absolute atomic E-state index is 0.0552. The lowest BCUT2D eigenvalue weighted by atomic mass is 10.1. The Morgan fingerprint density at radius 1 is 1.00 bits per heavy atom. The molecule has 2 heterocycles. The van der Waals surface area contributed by atoms with Gasteiger partial charge in [0.2, 0.25) is 10.0 Å². The van der Waals surface area contributed by atoms with E-state index < -0.39 is 26.2 Å². The third kappa shape index (κ3) is 4.81. The summed E-state index contributed by atoms with van der Waals surface area (Å²) in [6.45, 7) is 6.50. The standard InChI is InChI=1S/C19H25N5O5S2/c1-5-23-13-18(11-20-23)30(25,26)22(4)15(3)16-8-7-9-17(10-16)29-31(27,28)19-12-21-24(6-2)14-19/h7-15H,5-6H2,1-4H3. The quantitative estimate of drug-likeness (QED) is 0.443. The molecule has 0 bridgehead atoms. The van der Waals surface area contributed by atoms with Gasteiger partial charge in [0, 0.05) is 38.6 Å². The zero-order valence-electron chi connectivity index (χ0n) is 17.7. The fraction of sp³-hybridized carbons (Fsp3) is 0.368. The molecule has 1 unspecified atom stereocenters. The molecule has 0 aliphatic rings. The van der Waals surface area contributed by atoms with Crippen LogP contribution in [0.15, 0.2) is 58.8 Å². The first kappa shape index (κ1) is 23.0. The van der Waals surface area contributed by atoms with Crippen molar-refractivity contribution in [3.63, 3.8) is 0 Å². The molecule has 0 saturated heterocycles. The van der Waals surface area contributed by atoms with Crippen molar-refractivity contribution in [2.45, 2.75) is 49.7 Å². The molecule has 0 saturated carbocycles. The zero-order valence-corrected chi connectivity index (χ0v) is 19.3. The lowest BCUT2D eigenvalue weighted by molar-refractivity contribution is 0.397. The number of rotatable bonds is 9. The van der Waals surface area contributed by atoms with Gasteiger partial charge in [-0.2, -0.15) is 22.9 Å². The molecule has 0 spiro atoms. The maximum Gasteiger partial charge on any atom is 0.342 e. The first-order valence-electron chi connectivity index (χ1n) is 9.66. The molecular weight excluding hydrogens is 442 g/mol. The molecule has 168 valence electrons. The van der Waals surface area contributed by atoms with Crippen LogP contribution in [0.3, 0.4) is 0 Å². The normalized spacial score (nSPS) is 13.5. The fourth-order valence-electron chi connectivity index (χ4n) is 2.88. The number of benzene rings is 1. The molecule has 0 N–H and O–H groups in total. The monoisotopic (exact) mass is 467 g/mol. The van der Waals surface area contributed by atoms with Crippen molar-refractivity contribution in [3.05, 3.63) is 54.6 Å². The van der Waals surface area contributed by atoms with Crippen LogP contribution in [0.4, 0.5) is 0 Å². The average Bonchev–Trinajstić information content (AvgIpc) is 3.42. The van der Waals surface area contributed by atoms with Gasteiger partial charge in [-0.1, -0.05) is 12.1 Å². The highest BCUT2D eigenvalue weighted by molar-refractivity contribution is 7.89. The van der Waals surface area contributed by atoms with E-state index in [-0.39, 0.29) is 15.5 Å². The van der Waals surface area contributed by atoms with Gasteiger partial charge in [0.15, 0.2) is 0 Å². The molecule has 3 rings (SSSR count). The summed E-state index contributed by atoms with van der Waals surface area (Å²) in [6, 6.07) is 5.75. The largest absolute Gasteiger partial charge is 0.379 e. The zero-order chi connectivity index (χ0) is 22.8. The van der Waals surface area contributed by atoms with Crippen molar-refractivity contribution in [2.75, 3.05) is 7.05 Å². The highest BCUT2D eigenvalue weighted by Gasteiger charge is 2.28. The summed E-state index contributed by atoms with van der Waals surface area (Å²) >= 11 is 0. The highest BCUT2D eigenvalue weighted by Crippen LogP contribution is 2.28. The number of hydrogen-bond donors (Lipinski definition) is 0. The van der Waals surface area contributed by atoms with Crippen LogP contribution in [0, 0.1) is 0 Å². The van der Waals surface area contributed by atoms with Gasteiger partial charge in [0.1, 0.15) is 15.5 Å². The second-order valence-corrected chi connectivity index (χ2v) is 10.4. The molecule has 0 aliphatic carbocycles. The van der Waals surface area contributed by atoms with Gasteiger partial charge in [0.25, 0.3) is 0 Å². The number of aromatic nitrogens is 4. The molecule has 10 nitrogen and oxygen atoms in total. The molecule has 0 amide bonds. The van der Waals surface area contributed by atoms with Crippen LogP contribution < -0.4 is 4.18 Å². The van der Waals surface area contributed by atoms with E-state index in [0.29, 0.717) is 18.7 Å². The van der Waals surface area contributed by atoms with E-state index in [1.165, 1.54) is 57.6 Å². The summed E-state index contributed by atoms with van der Waals surface area (Å²) < 4.78 is 60.4. The third-order valence-corrected chi connectivity index (χ3v) is 8.01. The van der Waals surface area contributed by atoms with E-state index in [0.717, 1.165) is 0 Å². The van der Waals surface area contributed by atoms with Gasteiger partial charge < -0.3 is 4.18 Å². The Bertz CT molecular complexity index is 1260. The van der Waals surface area contributed by atoms with Crippen LogP contribution >= 0.6 is 0 Å². The van der Waals surface area contributed by atoms with Gasteiger partial charge in [-0.05, 0) is 38.5 Å². The molecule has 12 heteroatoms. The van der Waals surface area contributed by atoms with Crippen LogP contribution in [0.1, 0.15) is 32.4 Å². The predicted molar refractivity (Wildman–Crippen MR) is 113 cm³/mol. The van der Waals surface area contributed by atoms with E-state index in [9.17, 15) is 16.8 Å². The van der Waals surface area contributed by atoms with Gasteiger partial charge >= 0.3 is 10.1 Å². The second-order valence-electron chi connectivity index (χ2n) is 6.87. The highest BCUT2D eigenvalue weighted by atomic mass is 32.2. The molecule has 0 radical (unpaired) electrons. The maximum absolute atomic E-state index is 12.9. The molecule has 2 aromatic heterocycles. The molecule has 0 aliphatic heterocycles. The van der Waals surface area contributed by atoms with Crippen LogP contribution in [0.25, 0.3) is 0 Å². The third-order valence-electron chi connectivity index (χ3n) is 4.92. The molecule has 31 heavy (non-hydrogen) atoms. The van der Waals surface area contributed by atoms with Gasteiger partial charge in [-0.3, -0.25) is 9.36 Å². The van der Waals surface area contributed by atoms with Crippen molar-refractivity contribution in [1.82, 2.24) is 23.9 Å². The Morgan fingerprint density at radius 2 is 1.58 bits per heavy atom. The minimum Gasteiger partial charge on any atom is -0.379 e. The van der Waals surface area contributed by atoms with E-state index >= 15 is 0 Å².